The Balaban J connectivity index is 2.43. The number of nitrogens with one attached hydrogen (secondary N) is 1. The lowest BCUT2D eigenvalue weighted by Gasteiger charge is -2.18. The van der Waals surface area contributed by atoms with Crippen LogP contribution in [0.15, 0.2) is 12.3 Å². The van der Waals surface area contributed by atoms with E-state index in [-0.39, 0.29) is 11.3 Å². The van der Waals surface area contributed by atoms with Crippen LogP contribution >= 0.6 is 0 Å². The van der Waals surface area contributed by atoms with Crippen LogP contribution in [-0.4, -0.2) is 10.9 Å². The first kappa shape index (κ1) is 9.19. The molecule has 1 aromatic heterocycles. The Morgan fingerprint density at radius 2 is 2.14 bits per heavy atom. The smallest absolute Gasteiger partial charge is 0.230 e. The molecule has 1 N–H and O–H groups in total. The molecule has 1 aliphatic heterocycles. The summed E-state index contributed by atoms with van der Waals surface area (Å²) in [4.78, 5) is 15.4. The number of hydrogen-bond donors (Lipinski definition) is 1. The van der Waals surface area contributed by atoms with Gasteiger partial charge in [-0.1, -0.05) is 20.8 Å². The van der Waals surface area contributed by atoms with Crippen LogP contribution in [0.4, 0.5) is 5.82 Å². The maximum atomic E-state index is 11.1. The Morgan fingerprint density at radius 1 is 1.43 bits per heavy atom. The monoisotopic (exact) mass is 190 g/mol. The summed E-state index contributed by atoms with van der Waals surface area (Å²) in [6.45, 7) is 6.42. The highest BCUT2D eigenvalue weighted by atomic mass is 16.1. The molecule has 0 fully saturated rings. The third-order valence-electron chi connectivity index (χ3n) is 2.44. The minimum Gasteiger partial charge on any atom is -0.310 e. The van der Waals surface area contributed by atoms with Crippen molar-refractivity contribution >= 4 is 11.7 Å². The van der Waals surface area contributed by atoms with Crippen LogP contribution in [-0.2, 0) is 16.6 Å². The molecule has 14 heavy (non-hydrogen) atoms. The van der Waals surface area contributed by atoms with Crippen LogP contribution in [0.5, 0.6) is 0 Å². The molecule has 0 radical (unpaired) electrons. The first-order chi connectivity index (χ1) is 6.47. The second kappa shape index (κ2) is 2.80. The largest absolute Gasteiger partial charge is 0.310 e. The fourth-order valence-electron chi connectivity index (χ4n) is 1.52. The van der Waals surface area contributed by atoms with Gasteiger partial charge < -0.3 is 5.32 Å². The minimum atomic E-state index is 0.0403. The van der Waals surface area contributed by atoms with Gasteiger partial charge in [0.05, 0.1) is 6.42 Å². The number of rotatable bonds is 0. The zero-order valence-corrected chi connectivity index (χ0v) is 8.72. The van der Waals surface area contributed by atoms with Gasteiger partial charge in [0.2, 0.25) is 5.91 Å². The molecule has 0 bridgehead atoms. The highest BCUT2D eigenvalue weighted by Gasteiger charge is 2.22. The maximum Gasteiger partial charge on any atom is 0.230 e. The zero-order valence-electron chi connectivity index (χ0n) is 8.72. The molecular formula is C11H14N2O. The van der Waals surface area contributed by atoms with Crippen LogP contribution in [0.2, 0.25) is 0 Å². The molecule has 2 heterocycles. The molecule has 1 amide bonds. The fraction of sp³-hybridized carbons (Fsp3) is 0.455. The SMILES string of the molecule is CC(C)(C)c1cnc2c(c1)CC(=O)N2. The van der Waals surface area contributed by atoms with Crippen molar-refractivity contribution in [3.63, 3.8) is 0 Å². The van der Waals surface area contributed by atoms with E-state index in [0.29, 0.717) is 6.42 Å². The zero-order chi connectivity index (χ0) is 10.3. The van der Waals surface area contributed by atoms with E-state index in [4.69, 9.17) is 0 Å². The van der Waals surface area contributed by atoms with Crippen molar-refractivity contribution in [3.05, 3.63) is 23.4 Å². The van der Waals surface area contributed by atoms with Gasteiger partial charge in [0, 0.05) is 11.8 Å². The summed E-state index contributed by atoms with van der Waals surface area (Å²) in [7, 11) is 0. The van der Waals surface area contributed by atoms with Gasteiger partial charge in [-0.3, -0.25) is 4.79 Å². The van der Waals surface area contributed by atoms with Crippen LogP contribution < -0.4 is 5.32 Å². The van der Waals surface area contributed by atoms with Gasteiger partial charge in [0.25, 0.3) is 0 Å². The lowest BCUT2D eigenvalue weighted by atomic mass is 9.87. The van der Waals surface area contributed by atoms with Gasteiger partial charge in [-0.15, -0.1) is 0 Å². The number of anilines is 1. The molecule has 0 spiro atoms. The summed E-state index contributed by atoms with van der Waals surface area (Å²) < 4.78 is 0. The Labute approximate surface area is 83.5 Å². The minimum absolute atomic E-state index is 0.0403. The summed E-state index contributed by atoms with van der Waals surface area (Å²) in [5.74, 6) is 0.765. The summed E-state index contributed by atoms with van der Waals surface area (Å²) in [5, 5.41) is 2.73. The van der Waals surface area contributed by atoms with Crippen molar-refractivity contribution in [2.45, 2.75) is 32.6 Å². The van der Waals surface area contributed by atoms with Crippen LogP contribution in [0.1, 0.15) is 31.9 Å². The average Bonchev–Trinajstić information content (AvgIpc) is 2.41. The molecule has 0 aliphatic carbocycles. The number of carbonyl (C=O) groups excluding carboxylic acids is 1. The molecule has 3 heteroatoms. The van der Waals surface area contributed by atoms with Gasteiger partial charge >= 0.3 is 0 Å². The number of nitrogens with zero attached hydrogens (tertiary/aromatic N) is 1. The van der Waals surface area contributed by atoms with Crippen LogP contribution in [0.3, 0.4) is 0 Å². The van der Waals surface area contributed by atoms with Crippen molar-refractivity contribution < 1.29 is 4.79 Å². The van der Waals surface area contributed by atoms with E-state index in [9.17, 15) is 4.79 Å². The van der Waals surface area contributed by atoms with E-state index in [2.05, 4.69) is 37.1 Å². The molecule has 1 aromatic rings. The topological polar surface area (TPSA) is 42.0 Å². The molecule has 1 aliphatic rings. The van der Waals surface area contributed by atoms with E-state index in [1.54, 1.807) is 0 Å². The number of carbonyl (C=O) groups is 1. The summed E-state index contributed by atoms with van der Waals surface area (Å²) in [5.41, 5.74) is 2.28. The third kappa shape index (κ3) is 1.50. The van der Waals surface area contributed by atoms with E-state index in [1.165, 1.54) is 5.56 Å². The van der Waals surface area contributed by atoms with E-state index in [1.807, 2.05) is 6.20 Å². The fourth-order valence-corrected chi connectivity index (χ4v) is 1.52. The Bertz CT molecular complexity index is 391. The first-order valence-corrected chi connectivity index (χ1v) is 4.76. The molecule has 0 unspecified atom stereocenters. The Morgan fingerprint density at radius 3 is 2.79 bits per heavy atom. The molecule has 0 atom stereocenters. The van der Waals surface area contributed by atoms with Gasteiger partial charge in [0.15, 0.2) is 0 Å². The number of pyridine rings is 1. The number of aromatic nitrogens is 1. The van der Waals surface area contributed by atoms with Crippen molar-refractivity contribution in [2.24, 2.45) is 0 Å². The number of hydrogen-bond acceptors (Lipinski definition) is 2. The first-order valence-electron chi connectivity index (χ1n) is 4.76. The standard InChI is InChI=1S/C11H14N2O/c1-11(2,3)8-4-7-5-9(14)13-10(7)12-6-8/h4,6H,5H2,1-3H3,(H,12,13,14). The number of amides is 1. The van der Waals surface area contributed by atoms with E-state index >= 15 is 0 Å². The van der Waals surface area contributed by atoms with Gasteiger partial charge in [-0.2, -0.15) is 0 Å². The molecule has 0 saturated heterocycles. The van der Waals surface area contributed by atoms with Crippen LogP contribution in [0.25, 0.3) is 0 Å². The van der Waals surface area contributed by atoms with E-state index in [0.717, 1.165) is 11.4 Å². The summed E-state index contributed by atoms with van der Waals surface area (Å²) in [6, 6.07) is 2.07. The lowest BCUT2D eigenvalue weighted by molar-refractivity contribution is -0.115. The van der Waals surface area contributed by atoms with Crippen LogP contribution in [0, 0.1) is 0 Å². The third-order valence-corrected chi connectivity index (χ3v) is 2.44. The van der Waals surface area contributed by atoms with Crippen molar-refractivity contribution in [1.82, 2.24) is 4.98 Å². The quantitative estimate of drug-likeness (QED) is 0.678. The highest BCUT2D eigenvalue weighted by Crippen LogP contribution is 2.27. The average molecular weight is 190 g/mol. The molecule has 0 aromatic carbocycles. The lowest BCUT2D eigenvalue weighted by Crippen LogP contribution is -2.11. The van der Waals surface area contributed by atoms with Crippen molar-refractivity contribution in [3.8, 4) is 0 Å². The predicted molar refractivity (Wildman–Crippen MR) is 55.3 cm³/mol. The van der Waals surface area contributed by atoms with Gasteiger partial charge in [-0.25, -0.2) is 4.98 Å². The summed E-state index contributed by atoms with van der Waals surface area (Å²) >= 11 is 0. The maximum absolute atomic E-state index is 11.1. The Hall–Kier alpha value is -1.38. The van der Waals surface area contributed by atoms with Gasteiger partial charge in [0.1, 0.15) is 5.82 Å². The Kier molecular flexibility index (Phi) is 1.84. The normalized spacial score (nSPS) is 15.2. The second-order valence-electron chi connectivity index (χ2n) is 4.71. The highest BCUT2D eigenvalue weighted by molar-refractivity contribution is 5.97. The van der Waals surface area contributed by atoms with E-state index < -0.39 is 0 Å². The molecule has 3 nitrogen and oxygen atoms in total. The molecular weight excluding hydrogens is 176 g/mol. The second-order valence-corrected chi connectivity index (χ2v) is 4.71. The summed E-state index contributed by atoms with van der Waals surface area (Å²) in [6.07, 6.45) is 2.30. The van der Waals surface area contributed by atoms with Crippen molar-refractivity contribution in [2.75, 3.05) is 5.32 Å². The molecule has 74 valence electrons. The van der Waals surface area contributed by atoms with Gasteiger partial charge in [-0.05, 0) is 17.0 Å². The molecule has 0 saturated carbocycles. The molecule has 2 rings (SSSR count). The predicted octanol–water partition coefficient (Wildman–Crippen LogP) is 1.87. The number of fused-ring (bicyclic) bond motifs is 1. The van der Waals surface area contributed by atoms with Crippen molar-refractivity contribution in [1.29, 1.82) is 0 Å².